The molecule has 2 saturated carbocycles. The average Bonchev–Trinajstić information content (AvgIpc) is 3.09. The first-order valence-electron chi connectivity index (χ1n) is 9.28. The van der Waals surface area contributed by atoms with Gasteiger partial charge in [0, 0.05) is 30.4 Å². The summed E-state index contributed by atoms with van der Waals surface area (Å²) in [5.74, 6) is 0.684. The summed E-state index contributed by atoms with van der Waals surface area (Å²) in [5, 5.41) is 3.39. The van der Waals surface area contributed by atoms with E-state index in [1.54, 1.807) is 0 Å². The molecule has 1 aromatic heterocycles. The molecule has 0 radical (unpaired) electrons. The summed E-state index contributed by atoms with van der Waals surface area (Å²) in [7, 11) is -3.08. The Morgan fingerprint density at radius 2 is 1.96 bits per heavy atom. The molecule has 7 heteroatoms. The summed E-state index contributed by atoms with van der Waals surface area (Å²) in [6.07, 6.45) is 8.93. The standard InChI is InChI=1S/C17H27N3O2S2/c21-24(22,16-7-8-16)19-14-6-3-9-20(10-14)11-15-12-23-17(18-15)13-4-1-2-5-13/h12-14,16,19H,1-11H2. The Labute approximate surface area is 148 Å². The van der Waals surface area contributed by atoms with Gasteiger partial charge in [0.15, 0.2) is 0 Å². The second kappa shape index (κ2) is 7.02. The maximum atomic E-state index is 12.1. The van der Waals surface area contributed by atoms with E-state index in [4.69, 9.17) is 4.98 Å². The fraction of sp³-hybridized carbons (Fsp3) is 0.824. The first-order valence-corrected chi connectivity index (χ1v) is 11.7. The van der Waals surface area contributed by atoms with E-state index in [2.05, 4.69) is 15.0 Å². The molecule has 1 saturated heterocycles. The van der Waals surface area contributed by atoms with Crippen LogP contribution >= 0.6 is 11.3 Å². The van der Waals surface area contributed by atoms with Crippen LogP contribution in [0.4, 0.5) is 0 Å². The van der Waals surface area contributed by atoms with Crippen molar-refractivity contribution >= 4 is 21.4 Å². The summed E-state index contributed by atoms with van der Waals surface area (Å²) in [4.78, 5) is 7.22. The Balaban J connectivity index is 1.33. The number of hydrogen-bond donors (Lipinski definition) is 1. The van der Waals surface area contributed by atoms with E-state index in [1.807, 2.05) is 11.3 Å². The first-order chi connectivity index (χ1) is 11.6. The van der Waals surface area contributed by atoms with Crippen LogP contribution in [-0.4, -0.2) is 42.7 Å². The zero-order valence-electron chi connectivity index (χ0n) is 14.1. The van der Waals surface area contributed by atoms with Gasteiger partial charge in [-0.2, -0.15) is 0 Å². The van der Waals surface area contributed by atoms with E-state index in [-0.39, 0.29) is 11.3 Å². The number of nitrogens with zero attached hydrogens (tertiary/aromatic N) is 2. The van der Waals surface area contributed by atoms with Gasteiger partial charge >= 0.3 is 0 Å². The molecule has 0 bridgehead atoms. The van der Waals surface area contributed by atoms with Crippen LogP contribution in [0.2, 0.25) is 0 Å². The molecule has 4 rings (SSSR count). The van der Waals surface area contributed by atoms with Crippen LogP contribution < -0.4 is 4.72 Å². The Bertz CT molecular complexity index is 663. The lowest BCUT2D eigenvalue weighted by Crippen LogP contribution is -2.48. The number of sulfonamides is 1. The van der Waals surface area contributed by atoms with Gasteiger partial charge in [0.1, 0.15) is 0 Å². The molecule has 1 unspecified atom stereocenters. The molecule has 2 heterocycles. The maximum absolute atomic E-state index is 12.1. The molecule has 1 atom stereocenters. The van der Waals surface area contributed by atoms with Gasteiger partial charge in [-0.3, -0.25) is 4.90 Å². The van der Waals surface area contributed by atoms with E-state index in [0.29, 0.717) is 5.92 Å². The molecule has 1 aromatic rings. The summed E-state index contributed by atoms with van der Waals surface area (Å²) in [6, 6.07) is 0.0669. The molecule has 3 fully saturated rings. The fourth-order valence-corrected chi connectivity index (χ4v) is 6.58. The first kappa shape index (κ1) is 16.9. The number of piperidine rings is 1. The molecule has 5 nitrogen and oxygen atoms in total. The number of rotatable bonds is 6. The number of aromatic nitrogens is 1. The lowest BCUT2D eigenvalue weighted by atomic mass is 10.1. The van der Waals surface area contributed by atoms with E-state index in [0.717, 1.165) is 51.0 Å². The SMILES string of the molecule is O=S(=O)(NC1CCCN(Cc2csc(C3CCCC3)n2)C1)C1CC1. The molecule has 3 aliphatic rings. The quantitative estimate of drug-likeness (QED) is 0.837. The van der Waals surface area contributed by atoms with Crippen LogP contribution in [0.25, 0.3) is 0 Å². The van der Waals surface area contributed by atoms with Gasteiger partial charge in [-0.15, -0.1) is 11.3 Å². The van der Waals surface area contributed by atoms with Crippen LogP contribution in [0.1, 0.15) is 68.0 Å². The van der Waals surface area contributed by atoms with Gasteiger partial charge < -0.3 is 0 Å². The lowest BCUT2D eigenvalue weighted by Gasteiger charge is -2.32. The molecule has 1 N–H and O–H groups in total. The minimum atomic E-state index is -3.08. The smallest absolute Gasteiger partial charge is 0.214 e. The molecule has 134 valence electrons. The molecule has 24 heavy (non-hydrogen) atoms. The van der Waals surface area contributed by atoms with Crippen LogP contribution in [0.5, 0.6) is 0 Å². The van der Waals surface area contributed by atoms with E-state index in [1.165, 1.54) is 30.7 Å². The highest BCUT2D eigenvalue weighted by atomic mass is 32.2. The predicted octanol–water partition coefficient (Wildman–Crippen LogP) is 2.85. The highest BCUT2D eigenvalue weighted by Crippen LogP contribution is 2.35. The summed E-state index contributed by atoms with van der Waals surface area (Å²) >= 11 is 1.81. The van der Waals surface area contributed by atoms with Crippen LogP contribution in [0, 0.1) is 0 Å². The number of hydrogen-bond acceptors (Lipinski definition) is 5. The van der Waals surface area contributed by atoms with Crippen molar-refractivity contribution in [3.05, 3.63) is 16.1 Å². The largest absolute Gasteiger partial charge is 0.296 e. The third-order valence-electron chi connectivity index (χ3n) is 5.46. The van der Waals surface area contributed by atoms with Crippen LogP contribution in [-0.2, 0) is 16.6 Å². The van der Waals surface area contributed by atoms with Crippen molar-refractivity contribution in [3.63, 3.8) is 0 Å². The monoisotopic (exact) mass is 369 g/mol. The fourth-order valence-electron chi connectivity index (χ4n) is 3.99. The third-order valence-corrected chi connectivity index (χ3v) is 8.53. The van der Waals surface area contributed by atoms with Crippen molar-refractivity contribution < 1.29 is 8.42 Å². The van der Waals surface area contributed by atoms with Gasteiger partial charge in [-0.25, -0.2) is 18.1 Å². The van der Waals surface area contributed by atoms with Crippen molar-refractivity contribution in [3.8, 4) is 0 Å². The normalized spacial score (nSPS) is 26.9. The second-order valence-corrected chi connectivity index (χ2v) is 10.5. The topological polar surface area (TPSA) is 62.3 Å². The number of thiazole rings is 1. The third kappa shape index (κ3) is 4.00. The van der Waals surface area contributed by atoms with Crippen LogP contribution in [0.3, 0.4) is 0 Å². The van der Waals surface area contributed by atoms with Crippen molar-refractivity contribution in [2.75, 3.05) is 13.1 Å². The zero-order chi connectivity index (χ0) is 16.6. The van der Waals surface area contributed by atoms with Gasteiger partial charge in [0.2, 0.25) is 10.0 Å². The minimum absolute atomic E-state index is 0.0669. The highest BCUT2D eigenvalue weighted by Gasteiger charge is 2.37. The lowest BCUT2D eigenvalue weighted by molar-refractivity contribution is 0.192. The molecule has 0 aromatic carbocycles. The molecule has 1 aliphatic heterocycles. The van der Waals surface area contributed by atoms with Crippen LogP contribution in [0.15, 0.2) is 5.38 Å². The predicted molar refractivity (Wildman–Crippen MR) is 96.7 cm³/mol. The molecular formula is C17H27N3O2S2. The summed E-state index contributed by atoms with van der Waals surface area (Å²) < 4.78 is 27.2. The van der Waals surface area contributed by atoms with Gasteiger partial charge in [0.25, 0.3) is 0 Å². The number of nitrogens with one attached hydrogen (secondary N) is 1. The Morgan fingerprint density at radius 3 is 2.71 bits per heavy atom. The Kier molecular flexibility index (Phi) is 4.95. The maximum Gasteiger partial charge on any atom is 0.214 e. The van der Waals surface area contributed by atoms with Crippen molar-refractivity contribution in [1.82, 2.24) is 14.6 Å². The van der Waals surface area contributed by atoms with E-state index >= 15 is 0 Å². The molecular weight excluding hydrogens is 342 g/mol. The zero-order valence-corrected chi connectivity index (χ0v) is 15.7. The van der Waals surface area contributed by atoms with Crippen molar-refractivity contribution in [2.45, 2.75) is 75.1 Å². The minimum Gasteiger partial charge on any atom is -0.296 e. The van der Waals surface area contributed by atoms with Gasteiger partial charge in [-0.1, -0.05) is 12.8 Å². The van der Waals surface area contributed by atoms with Crippen molar-refractivity contribution in [2.24, 2.45) is 0 Å². The Morgan fingerprint density at radius 1 is 1.17 bits per heavy atom. The van der Waals surface area contributed by atoms with Gasteiger partial charge in [-0.05, 0) is 45.1 Å². The second-order valence-electron chi connectivity index (χ2n) is 7.59. The molecule has 0 spiro atoms. The highest BCUT2D eigenvalue weighted by molar-refractivity contribution is 7.90. The summed E-state index contributed by atoms with van der Waals surface area (Å²) in [6.45, 7) is 2.70. The van der Waals surface area contributed by atoms with E-state index < -0.39 is 10.0 Å². The molecule has 2 aliphatic carbocycles. The van der Waals surface area contributed by atoms with Gasteiger partial charge in [0.05, 0.1) is 16.0 Å². The van der Waals surface area contributed by atoms with E-state index in [9.17, 15) is 8.42 Å². The summed E-state index contributed by atoms with van der Waals surface area (Å²) in [5.41, 5.74) is 1.16. The van der Waals surface area contributed by atoms with Crippen molar-refractivity contribution in [1.29, 1.82) is 0 Å². The average molecular weight is 370 g/mol. The molecule has 0 amide bonds. The number of likely N-dealkylation sites (tertiary alicyclic amines) is 1. The Hall–Kier alpha value is -0.500.